The van der Waals surface area contributed by atoms with Crippen LogP contribution in [0.25, 0.3) is 0 Å². The molecular formula is C12H21N3O3S. The van der Waals surface area contributed by atoms with E-state index in [0.717, 1.165) is 12.2 Å². The van der Waals surface area contributed by atoms with Crippen molar-refractivity contribution in [1.82, 2.24) is 0 Å². The third kappa shape index (κ3) is 4.38. The lowest BCUT2D eigenvalue weighted by molar-refractivity contribution is 0.154. The number of benzene rings is 1. The summed E-state index contributed by atoms with van der Waals surface area (Å²) < 4.78 is 27.8. The molecular weight excluding hydrogens is 266 g/mol. The fourth-order valence-corrected chi connectivity index (χ4v) is 2.31. The van der Waals surface area contributed by atoms with Crippen LogP contribution in [-0.2, 0) is 14.8 Å². The van der Waals surface area contributed by atoms with Crippen LogP contribution in [0.4, 0.5) is 11.4 Å². The zero-order valence-electron chi connectivity index (χ0n) is 11.3. The topological polar surface area (TPSA) is 98.6 Å². The van der Waals surface area contributed by atoms with Crippen molar-refractivity contribution >= 4 is 21.4 Å². The smallest absolute Gasteiger partial charge is 0.238 e. The molecule has 19 heavy (non-hydrogen) atoms. The molecule has 0 radical (unpaired) electrons. The highest BCUT2D eigenvalue weighted by Gasteiger charge is 2.13. The van der Waals surface area contributed by atoms with Crippen LogP contribution in [0, 0.1) is 0 Å². The van der Waals surface area contributed by atoms with E-state index in [9.17, 15) is 8.42 Å². The molecule has 0 aliphatic carbocycles. The minimum absolute atomic E-state index is 0.0228. The van der Waals surface area contributed by atoms with E-state index in [1.165, 1.54) is 12.1 Å². The lowest BCUT2D eigenvalue weighted by Crippen LogP contribution is -2.28. The van der Waals surface area contributed by atoms with Crippen molar-refractivity contribution in [2.45, 2.75) is 18.7 Å². The second-order valence-electron chi connectivity index (χ2n) is 4.04. The number of nitrogens with zero attached hydrogens (tertiary/aromatic N) is 1. The highest BCUT2D eigenvalue weighted by Crippen LogP contribution is 2.25. The Labute approximate surface area is 114 Å². The second kappa shape index (κ2) is 6.74. The summed E-state index contributed by atoms with van der Waals surface area (Å²) in [5, 5.41) is 5.07. The van der Waals surface area contributed by atoms with Gasteiger partial charge in [0.15, 0.2) is 0 Å². The van der Waals surface area contributed by atoms with E-state index < -0.39 is 10.0 Å². The fraction of sp³-hybridized carbons (Fsp3) is 0.500. The van der Waals surface area contributed by atoms with Crippen molar-refractivity contribution in [1.29, 1.82) is 0 Å². The summed E-state index contributed by atoms with van der Waals surface area (Å²) in [6, 6.07) is 4.52. The molecule has 0 aromatic heterocycles. The minimum Gasteiger partial charge on any atom is -0.397 e. The van der Waals surface area contributed by atoms with E-state index in [1.807, 2.05) is 18.7 Å². The number of sulfonamides is 1. The molecule has 1 aromatic carbocycles. The minimum atomic E-state index is -3.72. The molecule has 0 heterocycles. The van der Waals surface area contributed by atoms with Gasteiger partial charge in [-0.15, -0.1) is 0 Å². The third-order valence-electron chi connectivity index (χ3n) is 2.76. The van der Waals surface area contributed by atoms with Gasteiger partial charge in [-0.2, -0.15) is 0 Å². The summed E-state index contributed by atoms with van der Waals surface area (Å²) >= 11 is 0. The van der Waals surface area contributed by atoms with E-state index in [-0.39, 0.29) is 4.90 Å². The average Bonchev–Trinajstić information content (AvgIpc) is 2.34. The standard InChI is InChI=1S/C12H21N3O3S/c1-3-15(7-8-18-4-2)12-6-5-10(9-11(12)13)19(14,16)17/h5-6,9H,3-4,7-8,13H2,1-2H3,(H2,14,16,17). The normalized spacial score (nSPS) is 11.5. The average molecular weight is 287 g/mol. The Kier molecular flexibility index (Phi) is 5.59. The molecule has 0 spiro atoms. The maximum absolute atomic E-state index is 11.2. The van der Waals surface area contributed by atoms with Gasteiger partial charge in [-0.3, -0.25) is 0 Å². The number of hydrogen-bond donors (Lipinski definition) is 2. The number of nitrogens with two attached hydrogens (primary N) is 2. The molecule has 0 fully saturated rings. The number of likely N-dealkylation sites (N-methyl/N-ethyl adjacent to an activating group) is 1. The number of ether oxygens (including phenoxy) is 1. The van der Waals surface area contributed by atoms with Crippen LogP contribution in [0.2, 0.25) is 0 Å². The van der Waals surface area contributed by atoms with Crippen LogP contribution in [-0.4, -0.2) is 34.7 Å². The first kappa shape index (κ1) is 15.7. The molecule has 0 amide bonds. The molecule has 1 rings (SSSR count). The van der Waals surface area contributed by atoms with Crippen LogP contribution in [0.15, 0.2) is 23.1 Å². The Morgan fingerprint density at radius 2 is 2.00 bits per heavy atom. The van der Waals surface area contributed by atoms with Gasteiger partial charge in [-0.05, 0) is 32.0 Å². The first-order valence-electron chi connectivity index (χ1n) is 6.15. The van der Waals surface area contributed by atoms with Crippen LogP contribution >= 0.6 is 0 Å². The Balaban J connectivity index is 2.93. The molecule has 1 aromatic rings. The van der Waals surface area contributed by atoms with Crippen LogP contribution in [0.5, 0.6) is 0 Å². The molecule has 0 aliphatic rings. The van der Waals surface area contributed by atoms with Gasteiger partial charge in [0.25, 0.3) is 0 Å². The molecule has 0 bridgehead atoms. The molecule has 6 nitrogen and oxygen atoms in total. The van der Waals surface area contributed by atoms with Gasteiger partial charge in [0.1, 0.15) is 0 Å². The highest BCUT2D eigenvalue weighted by atomic mass is 32.2. The number of primary sulfonamides is 1. The Morgan fingerprint density at radius 1 is 1.32 bits per heavy atom. The Hall–Kier alpha value is -1.31. The van der Waals surface area contributed by atoms with Crippen LogP contribution in [0.1, 0.15) is 13.8 Å². The van der Waals surface area contributed by atoms with Gasteiger partial charge in [0.05, 0.1) is 22.9 Å². The maximum atomic E-state index is 11.2. The van der Waals surface area contributed by atoms with Gasteiger partial charge in [0, 0.05) is 19.7 Å². The van der Waals surface area contributed by atoms with Crippen molar-refractivity contribution in [3.8, 4) is 0 Å². The first-order chi connectivity index (χ1) is 8.90. The lowest BCUT2D eigenvalue weighted by atomic mass is 10.2. The molecule has 4 N–H and O–H groups in total. The number of hydrogen-bond acceptors (Lipinski definition) is 5. The van der Waals surface area contributed by atoms with Crippen molar-refractivity contribution in [3.63, 3.8) is 0 Å². The predicted molar refractivity (Wildman–Crippen MR) is 76.6 cm³/mol. The van der Waals surface area contributed by atoms with Crippen LogP contribution in [0.3, 0.4) is 0 Å². The number of anilines is 2. The van der Waals surface area contributed by atoms with Gasteiger partial charge in [0.2, 0.25) is 10.0 Å². The molecule has 0 saturated carbocycles. The van der Waals surface area contributed by atoms with E-state index in [0.29, 0.717) is 25.4 Å². The SMILES string of the molecule is CCOCCN(CC)c1ccc(S(N)(=O)=O)cc1N. The maximum Gasteiger partial charge on any atom is 0.238 e. The summed E-state index contributed by atoms with van der Waals surface area (Å²) in [4.78, 5) is 2.05. The first-order valence-corrected chi connectivity index (χ1v) is 7.69. The highest BCUT2D eigenvalue weighted by molar-refractivity contribution is 7.89. The Bertz CT molecular complexity index is 517. The Morgan fingerprint density at radius 3 is 2.47 bits per heavy atom. The van der Waals surface area contributed by atoms with Crippen molar-refractivity contribution in [2.75, 3.05) is 36.9 Å². The van der Waals surface area contributed by atoms with E-state index in [2.05, 4.69) is 0 Å². The van der Waals surface area contributed by atoms with Crippen molar-refractivity contribution in [2.24, 2.45) is 5.14 Å². The number of rotatable bonds is 7. The summed E-state index contributed by atoms with van der Waals surface area (Å²) in [7, 11) is -3.72. The van der Waals surface area contributed by atoms with Gasteiger partial charge >= 0.3 is 0 Å². The molecule has 0 saturated heterocycles. The lowest BCUT2D eigenvalue weighted by Gasteiger charge is -2.24. The zero-order valence-corrected chi connectivity index (χ0v) is 12.1. The number of nitrogen functional groups attached to an aromatic ring is 1. The van der Waals surface area contributed by atoms with Crippen LogP contribution < -0.4 is 15.8 Å². The molecule has 0 atom stereocenters. The van der Waals surface area contributed by atoms with E-state index in [4.69, 9.17) is 15.6 Å². The van der Waals surface area contributed by atoms with E-state index in [1.54, 1.807) is 6.07 Å². The zero-order chi connectivity index (χ0) is 14.5. The largest absolute Gasteiger partial charge is 0.397 e. The van der Waals surface area contributed by atoms with Crippen molar-refractivity contribution in [3.05, 3.63) is 18.2 Å². The van der Waals surface area contributed by atoms with Gasteiger partial charge in [-0.25, -0.2) is 13.6 Å². The molecule has 108 valence electrons. The monoisotopic (exact) mass is 287 g/mol. The van der Waals surface area contributed by atoms with Gasteiger partial charge < -0.3 is 15.4 Å². The summed E-state index contributed by atoms with van der Waals surface area (Å²) in [5.74, 6) is 0. The van der Waals surface area contributed by atoms with E-state index >= 15 is 0 Å². The summed E-state index contributed by atoms with van der Waals surface area (Å²) in [5.41, 5.74) is 7.08. The van der Waals surface area contributed by atoms with Crippen molar-refractivity contribution < 1.29 is 13.2 Å². The predicted octanol–water partition coefficient (Wildman–Crippen LogP) is 0.779. The summed E-state index contributed by atoms with van der Waals surface area (Å²) in [6.45, 7) is 6.65. The second-order valence-corrected chi connectivity index (χ2v) is 5.60. The van der Waals surface area contributed by atoms with Gasteiger partial charge in [-0.1, -0.05) is 0 Å². The quantitative estimate of drug-likeness (QED) is 0.570. The molecule has 0 unspecified atom stereocenters. The molecule has 0 aliphatic heterocycles. The third-order valence-corrected chi connectivity index (χ3v) is 3.67. The fourth-order valence-electron chi connectivity index (χ4n) is 1.77. The summed E-state index contributed by atoms with van der Waals surface area (Å²) in [6.07, 6.45) is 0. The molecule has 7 heteroatoms.